The molecule has 0 saturated carbocycles. The molecule has 0 aliphatic carbocycles. The van der Waals surface area contributed by atoms with Crippen molar-refractivity contribution in [3.05, 3.63) is 36.3 Å². The van der Waals surface area contributed by atoms with Crippen molar-refractivity contribution in [1.82, 2.24) is 20.3 Å². The van der Waals surface area contributed by atoms with Gasteiger partial charge in [0, 0.05) is 18.7 Å². The van der Waals surface area contributed by atoms with Crippen molar-refractivity contribution in [3.8, 4) is 11.3 Å². The van der Waals surface area contributed by atoms with Gasteiger partial charge in [-0.15, -0.1) is 5.10 Å². The summed E-state index contributed by atoms with van der Waals surface area (Å²) < 4.78 is 20.6. The highest BCUT2D eigenvalue weighted by Crippen LogP contribution is 2.34. The third kappa shape index (κ3) is 1.93. The molecule has 1 N–H and O–H groups in total. The average molecular weight is 260 g/mol. The largest absolute Gasteiger partial charge is 0.366 e. The molecule has 3 atom stereocenters. The van der Waals surface area contributed by atoms with Crippen molar-refractivity contribution >= 4 is 0 Å². The smallest absolute Gasteiger partial charge is 0.123 e. The quantitative estimate of drug-likeness (QED) is 0.818. The van der Waals surface area contributed by atoms with E-state index in [-0.39, 0.29) is 18.0 Å². The van der Waals surface area contributed by atoms with Gasteiger partial charge in [0.1, 0.15) is 17.6 Å². The monoisotopic (exact) mass is 260 g/mol. The minimum atomic E-state index is -0.267. The Bertz CT molecular complexity index is 614. The van der Waals surface area contributed by atoms with Gasteiger partial charge in [-0.3, -0.25) is 0 Å². The molecule has 0 unspecified atom stereocenters. The fraction of sp³-hybridized carbons (Fsp3) is 0.385. The first-order chi connectivity index (χ1) is 9.31. The molecule has 98 valence electrons. The molecule has 3 heterocycles. The standard InChI is InChI=1S/C13H13FN4O/c14-9-3-1-2-8(4-9)10-7-18(17-16-10)11-5-15-6-12-13(11)19-12/h1-4,7,11-13,15H,5-6H2/t11-,12-,13+/m1/s1. The summed E-state index contributed by atoms with van der Waals surface area (Å²) in [4.78, 5) is 0. The topological polar surface area (TPSA) is 55.3 Å². The van der Waals surface area contributed by atoms with Crippen LogP contribution in [0.5, 0.6) is 0 Å². The Morgan fingerprint density at radius 2 is 2.32 bits per heavy atom. The van der Waals surface area contributed by atoms with Crippen LogP contribution in [0.3, 0.4) is 0 Å². The molecule has 6 heteroatoms. The normalized spacial score (nSPS) is 29.0. The lowest BCUT2D eigenvalue weighted by Gasteiger charge is -2.18. The first kappa shape index (κ1) is 11.1. The predicted molar refractivity (Wildman–Crippen MR) is 66.0 cm³/mol. The van der Waals surface area contributed by atoms with Gasteiger partial charge in [0.25, 0.3) is 0 Å². The average Bonchev–Trinajstić information content (AvgIpc) is 3.06. The molecule has 1 aromatic heterocycles. The Morgan fingerprint density at radius 1 is 1.37 bits per heavy atom. The Balaban J connectivity index is 1.62. The molecule has 0 spiro atoms. The van der Waals surface area contributed by atoms with E-state index in [9.17, 15) is 4.39 Å². The summed E-state index contributed by atoms with van der Waals surface area (Å²) in [6.45, 7) is 1.74. The van der Waals surface area contributed by atoms with Crippen LogP contribution in [0.15, 0.2) is 30.5 Å². The number of piperidine rings is 1. The summed E-state index contributed by atoms with van der Waals surface area (Å²) >= 11 is 0. The maximum atomic E-state index is 13.2. The maximum absolute atomic E-state index is 13.2. The second kappa shape index (κ2) is 4.11. The molecule has 5 nitrogen and oxygen atoms in total. The number of rotatable bonds is 2. The molecule has 0 amide bonds. The van der Waals surface area contributed by atoms with Crippen molar-refractivity contribution in [1.29, 1.82) is 0 Å². The van der Waals surface area contributed by atoms with Crippen LogP contribution in [0, 0.1) is 5.82 Å². The van der Waals surface area contributed by atoms with Crippen LogP contribution in [-0.2, 0) is 4.74 Å². The fourth-order valence-corrected chi connectivity index (χ4v) is 2.61. The number of aromatic nitrogens is 3. The molecule has 2 aromatic rings. The van der Waals surface area contributed by atoms with E-state index in [0.717, 1.165) is 18.7 Å². The first-order valence-corrected chi connectivity index (χ1v) is 6.35. The zero-order valence-electron chi connectivity index (χ0n) is 10.2. The van der Waals surface area contributed by atoms with E-state index in [1.807, 2.05) is 16.9 Å². The van der Waals surface area contributed by atoms with Crippen molar-refractivity contribution in [2.24, 2.45) is 0 Å². The van der Waals surface area contributed by atoms with Gasteiger partial charge >= 0.3 is 0 Å². The molecular weight excluding hydrogens is 247 g/mol. The lowest BCUT2D eigenvalue weighted by molar-refractivity contribution is 0.309. The Labute approximate surface area is 109 Å². The number of hydrogen-bond donors (Lipinski definition) is 1. The second-order valence-corrected chi connectivity index (χ2v) is 4.96. The lowest BCUT2D eigenvalue weighted by atomic mass is 10.1. The molecule has 0 bridgehead atoms. The van der Waals surface area contributed by atoms with Gasteiger partial charge in [-0.2, -0.15) is 0 Å². The number of nitrogens with one attached hydrogen (secondary N) is 1. The van der Waals surface area contributed by atoms with Crippen LogP contribution >= 0.6 is 0 Å². The highest BCUT2D eigenvalue weighted by atomic mass is 19.1. The van der Waals surface area contributed by atoms with Crippen LogP contribution in [-0.4, -0.2) is 40.3 Å². The Morgan fingerprint density at radius 3 is 3.21 bits per heavy atom. The maximum Gasteiger partial charge on any atom is 0.123 e. The van der Waals surface area contributed by atoms with Crippen LogP contribution < -0.4 is 5.32 Å². The van der Waals surface area contributed by atoms with Crippen molar-refractivity contribution in [2.75, 3.05) is 13.1 Å². The number of ether oxygens (including phenoxy) is 1. The van der Waals surface area contributed by atoms with Crippen molar-refractivity contribution < 1.29 is 9.13 Å². The summed E-state index contributed by atoms with van der Waals surface area (Å²) in [5.41, 5.74) is 1.42. The minimum Gasteiger partial charge on any atom is -0.366 e. The summed E-state index contributed by atoms with van der Waals surface area (Å²) in [6.07, 6.45) is 2.40. The van der Waals surface area contributed by atoms with Crippen molar-refractivity contribution in [2.45, 2.75) is 18.2 Å². The summed E-state index contributed by atoms with van der Waals surface area (Å²) in [7, 11) is 0. The summed E-state index contributed by atoms with van der Waals surface area (Å²) in [5.74, 6) is -0.267. The zero-order valence-corrected chi connectivity index (χ0v) is 10.2. The summed E-state index contributed by atoms with van der Waals surface area (Å²) in [6, 6.07) is 6.55. The van der Waals surface area contributed by atoms with Gasteiger partial charge in [-0.05, 0) is 12.1 Å². The van der Waals surface area contributed by atoms with Crippen LogP contribution in [0.25, 0.3) is 11.3 Å². The third-order valence-corrected chi connectivity index (χ3v) is 3.67. The minimum absolute atomic E-state index is 0.175. The van der Waals surface area contributed by atoms with Crippen molar-refractivity contribution in [3.63, 3.8) is 0 Å². The zero-order chi connectivity index (χ0) is 12.8. The Hall–Kier alpha value is -1.79. The molecule has 4 rings (SSSR count). The van der Waals surface area contributed by atoms with Crippen LogP contribution in [0.1, 0.15) is 6.04 Å². The number of epoxide rings is 1. The van der Waals surface area contributed by atoms with E-state index < -0.39 is 0 Å². The SMILES string of the molecule is Fc1cccc(-c2cn([C@@H]3CNC[C@H]4O[C@@H]34)nn2)c1. The highest BCUT2D eigenvalue weighted by molar-refractivity contribution is 5.57. The van der Waals surface area contributed by atoms with Gasteiger partial charge in [0.15, 0.2) is 0 Å². The van der Waals surface area contributed by atoms with Gasteiger partial charge in [-0.1, -0.05) is 17.3 Å². The number of halogens is 1. The number of nitrogens with zero attached hydrogens (tertiary/aromatic N) is 3. The fourth-order valence-electron chi connectivity index (χ4n) is 2.61. The molecule has 1 aromatic carbocycles. The molecule has 2 aliphatic heterocycles. The molecule has 19 heavy (non-hydrogen) atoms. The molecule has 2 aliphatic rings. The second-order valence-electron chi connectivity index (χ2n) is 4.96. The van der Waals surface area contributed by atoms with E-state index in [1.165, 1.54) is 12.1 Å². The number of benzene rings is 1. The number of hydrogen-bond acceptors (Lipinski definition) is 4. The van der Waals surface area contributed by atoms with E-state index in [0.29, 0.717) is 11.8 Å². The van der Waals surface area contributed by atoms with Gasteiger partial charge in [0.05, 0.1) is 18.3 Å². The highest BCUT2D eigenvalue weighted by Gasteiger charge is 2.48. The van der Waals surface area contributed by atoms with Crippen LogP contribution in [0.2, 0.25) is 0 Å². The third-order valence-electron chi connectivity index (χ3n) is 3.67. The molecule has 0 radical (unpaired) electrons. The lowest BCUT2D eigenvalue weighted by Crippen LogP contribution is -2.38. The molecule has 2 saturated heterocycles. The molecular formula is C13H13FN4O. The number of fused-ring (bicyclic) bond motifs is 1. The van der Waals surface area contributed by atoms with Gasteiger partial charge in [-0.25, -0.2) is 9.07 Å². The van der Waals surface area contributed by atoms with Gasteiger partial charge < -0.3 is 10.1 Å². The Kier molecular flexibility index (Phi) is 2.39. The van der Waals surface area contributed by atoms with E-state index in [2.05, 4.69) is 15.6 Å². The predicted octanol–water partition coefficient (Wildman–Crippen LogP) is 0.996. The van der Waals surface area contributed by atoms with E-state index in [4.69, 9.17) is 4.74 Å². The summed E-state index contributed by atoms with van der Waals surface area (Å²) in [5, 5.41) is 11.6. The molecule has 2 fully saturated rings. The van der Waals surface area contributed by atoms with Crippen LogP contribution in [0.4, 0.5) is 4.39 Å². The van der Waals surface area contributed by atoms with Gasteiger partial charge in [0.2, 0.25) is 0 Å². The first-order valence-electron chi connectivity index (χ1n) is 6.35. The van der Waals surface area contributed by atoms with E-state index >= 15 is 0 Å². The van der Waals surface area contributed by atoms with E-state index in [1.54, 1.807) is 6.07 Å².